The number of carbonyl (C=O) groups is 2. The number of nitrogens with one attached hydrogen (secondary N) is 1. The van der Waals surface area contributed by atoms with Gasteiger partial charge in [-0.05, 0) is 26.0 Å². The molecule has 104 valence electrons. The lowest BCUT2D eigenvalue weighted by molar-refractivity contribution is -0.132. The molecule has 19 heavy (non-hydrogen) atoms. The van der Waals surface area contributed by atoms with Crippen molar-refractivity contribution in [2.75, 3.05) is 0 Å². The van der Waals surface area contributed by atoms with Crippen molar-refractivity contribution in [2.24, 2.45) is 5.84 Å². The molecule has 2 heterocycles. The van der Waals surface area contributed by atoms with E-state index in [4.69, 9.17) is 10.3 Å². The number of sulfonamides is 1. The Bertz CT molecular complexity index is 646. The van der Waals surface area contributed by atoms with E-state index >= 15 is 0 Å². The zero-order valence-electron chi connectivity index (χ0n) is 10.3. The van der Waals surface area contributed by atoms with E-state index in [-0.39, 0.29) is 18.1 Å². The van der Waals surface area contributed by atoms with Gasteiger partial charge in [0.2, 0.25) is 0 Å². The van der Waals surface area contributed by atoms with Gasteiger partial charge in [0.1, 0.15) is 5.76 Å². The second kappa shape index (κ2) is 4.07. The summed E-state index contributed by atoms with van der Waals surface area (Å²) >= 11 is 0. The molecule has 0 atom stereocenters. The Morgan fingerprint density at radius 2 is 2.11 bits per heavy atom. The fraction of sp³-hybridized carbons (Fsp3) is 0.400. The van der Waals surface area contributed by atoms with Gasteiger partial charge in [-0.1, -0.05) is 0 Å². The van der Waals surface area contributed by atoms with Gasteiger partial charge in [0.25, 0.3) is 15.9 Å². The van der Waals surface area contributed by atoms with Gasteiger partial charge in [-0.3, -0.25) is 15.0 Å². The molecular weight excluding hydrogens is 274 g/mol. The fourth-order valence-corrected chi connectivity index (χ4v) is 3.20. The summed E-state index contributed by atoms with van der Waals surface area (Å²) < 4.78 is 28.1. The number of hydrazine groups is 1. The predicted molar refractivity (Wildman–Crippen MR) is 63.9 cm³/mol. The lowest BCUT2D eigenvalue weighted by atomic mass is 10.2. The molecule has 0 aliphatic carbocycles. The van der Waals surface area contributed by atoms with Crippen LogP contribution in [0.1, 0.15) is 30.2 Å². The van der Waals surface area contributed by atoms with E-state index in [1.165, 1.54) is 26.0 Å². The average Bonchev–Trinajstić information content (AvgIpc) is 2.82. The lowest BCUT2D eigenvalue weighted by Gasteiger charge is -2.42. The summed E-state index contributed by atoms with van der Waals surface area (Å²) in [4.78, 5) is 22.9. The maximum atomic E-state index is 11.8. The minimum absolute atomic E-state index is 0.0536. The topological polar surface area (TPSA) is 123 Å². The molecule has 1 aromatic heterocycles. The Hall–Kier alpha value is -1.87. The first-order valence-electron chi connectivity index (χ1n) is 5.38. The Labute approximate surface area is 109 Å². The summed E-state index contributed by atoms with van der Waals surface area (Å²) in [6.07, 6.45) is 0. The van der Waals surface area contributed by atoms with Crippen LogP contribution in [0, 0.1) is 0 Å². The quantitative estimate of drug-likeness (QED) is 0.432. The zero-order valence-corrected chi connectivity index (χ0v) is 11.2. The second-order valence-corrected chi connectivity index (χ2v) is 6.98. The van der Waals surface area contributed by atoms with Crippen LogP contribution >= 0.6 is 0 Å². The van der Waals surface area contributed by atoms with Crippen molar-refractivity contribution in [1.29, 1.82) is 0 Å². The van der Waals surface area contributed by atoms with Crippen LogP contribution in [0.25, 0.3) is 0 Å². The summed E-state index contributed by atoms with van der Waals surface area (Å²) in [5.41, 5.74) is 1.88. The van der Waals surface area contributed by atoms with Crippen LogP contribution in [0.15, 0.2) is 16.5 Å². The number of hydrogen-bond donors (Lipinski definition) is 2. The standard InChI is InChI=1S/C10H13N3O5S/c1-10(2)9(15)13(19(10,16)17)5-6-3-4-7(18-6)8(14)12-11/h3-4H,5,11H2,1-2H3,(H,12,14). The van der Waals surface area contributed by atoms with Crippen LogP contribution in [0.3, 0.4) is 0 Å². The molecule has 1 aliphatic heterocycles. The van der Waals surface area contributed by atoms with Gasteiger partial charge in [-0.25, -0.2) is 18.6 Å². The molecule has 0 bridgehead atoms. The van der Waals surface area contributed by atoms with Gasteiger partial charge < -0.3 is 4.42 Å². The summed E-state index contributed by atoms with van der Waals surface area (Å²) in [5, 5.41) is 0. The number of carbonyl (C=O) groups excluding carboxylic acids is 2. The van der Waals surface area contributed by atoms with E-state index in [1.54, 1.807) is 0 Å². The summed E-state index contributed by atoms with van der Waals surface area (Å²) in [6.45, 7) is 2.45. The SMILES string of the molecule is CC1(C)C(=O)N(Cc2ccc(C(=O)NN)o2)S1(=O)=O. The van der Waals surface area contributed by atoms with Crippen molar-refractivity contribution in [1.82, 2.24) is 9.73 Å². The fourth-order valence-electron chi connectivity index (χ4n) is 1.71. The number of furan rings is 1. The van der Waals surface area contributed by atoms with Crippen LogP contribution < -0.4 is 11.3 Å². The van der Waals surface area contributed by atoms with Crippen molar-refractivity contribution < 1.29 is 22.4 Å². The maximum absolute atomic E-state index is 11.8. The van der Waals surface area contributed by atoms with E-state index in [0.29, 0.717) is 0 Å². The minimum atomic E-state index is -3.67. The first-order chi connectivity index (χ1) is 8.71. The third-order valence-electron chi connectivity index (χ3n) is 2.99. The number of rotatable bonds is 3. The molecule has 3 N–H and O–H groups in total. The maximum Gasteiger partial charge on any atom is 0.300 e. The molecule has 0 saturated carbocycles. The minimum Gasteiger partial charge on any atom is -0.454 e. The van der Waals surface area contributed by atoms with Crippen molar-refractivity contribution >= 4 is 21.8 Å². The lowest BCUT2D eigenvalue weighted by Crippen LogP contribution is -2.66. The van der Waals surface area contributed by atoms with Gasteiger partial charge in [0, 0.05) is 0 Å². The van der Waals surface area contributed by atoms with Gasteiger partial charge in [0.15, 0.2) is 10.5 Å². The molecule has 2 amide bonds. The molecule has 8 nitrogen and oxygen atoms in total. The molecule has 0 spiro atoms. The monoisotopic (exact) mass is 287 g/mol. The van der Waals surface area contributed by atoms with E-state index < -0.39 is 26.6 Å². The molecular formula is C10H13N3O5S. The highest BCUT2D eigenvalue weighted by molar-refractivity contribution is 7.94. The van der Waals surface area contributed by atoms with Gasteiger partial charge >= 0.3 is 5.91 Å². The Morgan fingerprint density at radius 1 is 1.47 bits per heavy atom. The highest BCUT2D eigenvalue weighted by Gasteiger charge is 2.60. The van der Waals surface area contributed by atoms with Crippen LogP contribution in [-0.2, 0) is 21.4 Å². The summed E-state index contributed by atoms with van der Waals surface area (Å²) in [6, 6.07) is 2.76. The van der Waals surface area contributed by atoms with Gasteiger partial charge in [0.05, 0.1) is 6.54 Å². The highest BCUT2D eigenvalue weighted by Crippen LogP contribution is 2.36. The van der Waals surface area contributed by atoms with Crippen molar-refractivity contribution in [3.8, 4) is 0 Å². The third-order valence-corrected chi connectivity index (χ3v) is 5.33. The first kappa shape index (κ1) is 13.6. The molecule has 0 aromatic carbocycles. The smallest absolute Gasteiger partial charge is 0.300 e. The van der Waals surface area contributed by atoms with Crippen LogP contribution in [0.5, 0.6) is 0 Å². The normalized spacial score (nSPS) is 19.9. The molecule has 1 aliphatic rings. The summed E-state index contributed by atoms with van der Waals surface area (Å²) in [5.74, 6) is 3.92. The molecule has 1 saturated heterocycles. The van der Waals surface area contributed by atoms with E-state index in [2.05, 4.69) is 0 Å². The zero-order chi connectivity index (χ0) is 14.4. The van der Waals surface area contributed by atoms with Crippen molar-refractivity contribution in [2.45, 2.75) is 25.1 Å². The van der Waals surface area contributed by atoms with Crippen molar-refractivity contribution in [3.63, 3.8) is 0 Å². The number of nitrogens with zero attached hydrogens (tertiary/aromatic N) is 1. The van der Waals surface area contributed by atoms with E-state index in [1.807, 2.05) is 5.43 Å². The number of nitrogen functional groups attached to an aromatic ring is 1. The first-order valence-corrected chi connectivity index (χ1v) is 6.82. The van der Waals surface area contributed by atoms with Crippen LogP contribution in [0.2, 0.25) is 0 Å². The van der Waals surface area contributed by atoms with Crippen LogP contribution in [-0.4, -0.2) is 29.3 Å². The number of hydrogen-bond acceptors (Lipinski definition) is 6. The van der Waals surface area contributed by atoms with Crippen LogP contribution in [0.4, 0.5) is 0 Å². The van der Waals surface area contributed by atoms with E-state index in [9.17, 15) is 18.0 Å². The van der Waals surface area contributed by atoms with E-state index in [0.717, 1.165) is 4.31 Å². The molecule has 2 rings (SSSR count). The highest BCUT2D eigenvalue weighted by atomic mass is 32.2. The average molecular weight is 287 g/mol. The largest absolute Gasteiger partial charge is 0.454 e. The predicted octanol–water partition coefficient (Wildman–Crippen LogP) is -0.666. The second-order valence-electron chi connectivity index (χ2n) is 4.57. The Balaban J connectivity index is 2.18. The molecule has 0 radical (unpaired) electrons. The van der Waals surface area contributed by atoms with Gasteiger partial charge in [-0.2, -0.15) is 0 Å². The van der Waals surface area contributed by atoms with Gasteiger partial charge in [-0.15, -0.1) is 0 Å². The third kappa shape index (κ3) is 1.81. The molecule has 9 heteroatoms. The Morgan fingerprint density at radius 3 is 2.63 bits per heavy atom. The number of amides is 2. The molecule has 1 aromatic rings. The molecule has 1 fully saturated rings. The number of nitrogens with two attached hydrogens (primary N) is 1. The summed E-state index contributed by atoms with van der Waals surface area (Å²) in [7, 11) is -3.67. The Kier molecular flexibility index (Phi) is 2.90. The van der Waals surface area contributed by atoms with Crippen molar-refractivity contribution in [3.05, 3.63) is 23.7 Å². The molecule has 0 unspecified atom stereocenters.